The standard InChI is InChI=1S/C44H80O4/c1-3-5-7-9-11-13-15-17-19-21-23-25-27-29-31-33-35-37-39-41(44(47)48)43(46)42(45)40-38-36-34-32-30-28-26-24-22-20-18-16-14-12-10-8-6-4-2/h17-20,41H,3-16,21-40H2,1-2H3,(H,47,48)/b19-17-,20-18-. The van der Waals surface area contributed by atoms with E-state index < -0.39 is 23.5 Å². The zero-order chi connectivity index (χ0) is 35.2. The maximum absolute atomic E-state index is 12.6. The first-order valence-corrected chi connectivity index (χ1v) is 21.1. The van der Waals surface area contributed by atoms with Crippen LogP contribution in [0.3, 0.4) is 0 Å². The van der Waals surface area contributed by atoms with E-state index in [1.807, 2.05) is 0 Å². The minimum atomic E-state index is -1.16. The third-order valence-corrected chi connectivity index (χ3v) is 9.81. The molecule has 0 aromatic heterocycles. The van der Waals surface area contributed by atoms with Gasteiger partial charge in [0.1, 0.15) is 5.92 Å². The molecule has 1 unspecified atom stereocenters. The lowest BCUT2D eigenvalue weighted by atomic mass is 9.92. The molecule has 0 aromatic carbocycles. The molecule has 48 heavy (non-hydrogen) atoms. The van der Waals surface area contributed by atoms with Gasteiger partial charge in [0.15, 0.2) is 5.78 Å². The van der Waals surface area contributed by atoms with Gasteiger partial charge in [-0.25, -0.2) is 0 Å². The lowest BCUT2D eigenvalue weighted by Gasteiger charge is -2.10. The second kappa shape index (κ2) is 38.1. The first kappa shape index (κ1) is 46.3. The maximum Gasteiger partial charge on any atom is 0.314 e. The number of carboxylic acids is 1. The first-order valence-electron chi connectivity index (χ1n) is 21.1. The Bertz CT molecular complexity index is 783. The van der Waals surface area contributed by atoms with Crippen molar-refractivity contribution in [3.8, 4) is 0 Å². The van der Waals surface area contributed by atoms with Crippen LogP contribution < -0.4 is 0 Å². The topological polar surface area (TPSA) is 71.4 Å². The zero-order valence-corrected chi connectivity index (χ0v) is 32.1. The molecule has 0 aliphatic rings. The van der Waals surface area contributed by atoms with E-state index in [0.29, 0.717) is 19.3 Å². The number of Topliss-reactive ketones (excluding diaryl/α,β-unsaturated/α-hetero) is 2. The maximum atomic E-state index is 12.6. The minimum Gasteiger partial charge on any atom is -0.481 e. The molecule has 4 nitrogen and oxygen atoms in total. The normalized spacial score (nSPS) is 12.4. The summed E-state index contributed by atoms with van der Waals surface area (Å²) in [7, 11) is 0. The molecule has 0 amide bonds. The van der Waals surface area contributed by atoms with Crippen LogP contribution in [-0.2, 0) is 14.4 Å². The van der Waals surface area contributed by atoms with E-state index in [1.165, 1.54) is 161 Å². The van der Waals surface area contributed by atoms with Gasteiger partial charge in [0.25, 0.3) is 0 Å². The molecule has 0 saturated carbocycles. The third-order valence-electron chi connectivity index (χ3n) is 9.81. The van der Waals surface area contributed by atoms with E-state index in [0.717, 1.165) is 32.1 Å². The average Bonchev–Trinajstić information content (AvgIpc) is 3.08. The number of ketones is 2. The van der Waals surface area contributed by atoms with Crippen molar-refractivity contribution in [2.24, 2.45) is 5.92 Å². The van der Waals surface area contributed by atoms with Crippen LogP contribution in [0.25, 0.3) is 0 Å². The Kier molecular flexibility index (Phi) is 36.7. The van der Waals surface area contributed by atoms with Gasteiger partial charge in [-0.15, -0.1) is 0 Å². The predicted octanol–water partition coefficient (Wildman–Crippen LogP) is 14.2. The number of allylic oxidation sites excluding steroid dienone is 4. The zero-order valence-electron chi connectivity index (χ0n) is 32.1. The predicted molar refractivity (Wildman–Crippen MR) is 208 cm³/mol. The van der Waals surface area contributed by atoms with Gasteiger partial charge in [-0.2, -0.15) is 0 Å². The van der Waals surface area contributed by atoms with Gasteiger partial charge >= 0.3 is 5.97 Å². The fourth-order valence-corrected chi connectivity index (χ4v) is 6.52. The van der Waals surface area contributed by atoms with Gasteiger partial charge in [0.2, 0.25) is 5.78 Å². The van der Waals surface area contributed by atoms with Gasteiger partial charge in [-0.3, -0.25) is 14.4 Å². The summed E-state index contributed by atoms with van der Waals surface area (Å²) in [6, 6.07) is 0. The van der Waals surface area contributed by atoms with Crippen LogP contribution in [0.1, 0.15) is 232 Å². The number of hydrogen-bond donors (Lipinski definition) is 1. The molecule has 0 bridgehead atoms. The Labute approximate surface area is 298 Å². The Balaban J connectivity index is 3.67. The summed E-state index contributed by atoms with van der Waals surface area (Å²) in [4.78, 5) is 36.7. The molecule has 0 aliphatic heterocycles. The summed E-state index contributed by atoms with van der Waals surface area (Å²) in [5, 5.41) is 9.58. The molecule has 0 radical (unpaired) electrons. The monoisotopic (exact) mass is 673 g/mol. The molecule has 0 fully saturated rings. The second-order valence-electron chi connectivity index (χ2n) is 14.5. The van der Waals surface area contributed by atoms with Gasteiger partial charge in [-0.05, 0) is 64.2 Å². The van der Waals surface area contributed by atoms with Crippen molar-refractivity contribution in [1.82, 2.24) is 0 Å². The molecule has 0 spiro atoms. The van der Waals surface area contributed by atoms with Gasteiger partial charge in [0.05, 0.1) is 0 Å². The van der Waals surface area contributed by atoms with Crippen LogP contribution in [0.4, 0.5) is 0 Å². The number of unbranched alkanes of at least 4 members (excludes halogenated alkanes) is 28. The second-order valence-corrected chi connectivity index (χ2v) is 14.5. The van der Waals surface area contributed by atoms with Crippen molar-refractivity contribution in [3.05, 3.63) is 24.3 Å². The summed E-state index contributed by atoms with van der Waals surface area (Å²) < 4.78 is 0. The molecule has 1 N–H and O–H groups in total. The summed E-state index contributed by atoms with van der Waals surface area (Å²) in [6.45, 7) is 4.53. The fraction of sp³-hybridized carbons (Fsp3) is 0.841. The third kappa shape index (κ3) is 32.8. The van der Waals surface area contributed by atoms with Gasteiger partial charge in [0, 0.05) is 6.42 Å². The van der Waals surface area contributed by atoms with Crippen LogP contribution in [0.2, 0.25) is 0 Å². The Morgan fingerprint density at radius 3 is 1.04 bits per heavy atom. The SMILES string of the molecule is CCCCCCCC/C=C\CCCCCCCCCCC(=O)C(=O)C(CCCCCCCCCC/C=C\CCCCCCCC)C(=O)O. The van der Waals surface area contributed by atoms with E-state index in [-0.39, 0.29) is 6.42 Å². The minimum absolute atomic E-state index is 0.197. The van der Waals surface area contributed by atoms with Crippen molar-refractivity contribution in [2.75, 3.05) is 0 Å². The number of carboxylic acid groups (broad SMARTS) is 1. The lowest BCUT2D eigenvalue weighted by molar-refractivity contribution is -0.150. The summed E-state index contributed by atoms with van der Waals surface area (Å²) >= 11 is 0. The largest absolute Gasteiger partial charge is 0.481 e. The van der Waals surface area contributed by atoms with E-state index >= 15 is 0 Å². The van der Waals surface area contributed by atoms with Crippen LogP contribution in [-0.4, -0.2) is 22.6 Å². The molecule has 1 atom stereocenters. The highest BCUT2D eigenvalue weighted by atomic mass is 16.4. The summed E-state index contributed by atoms with van der Waals surface area (Å²) in [6.07, 6.45) is 49.0. The number of carbonyl (C=O) groups is 3. The number of hydrogen-bond acceptors (Lipinski definition) is 3. The van der Waals surface area contributed by atoms with Crippen molar-refractivity contribution in [1.29, 1.82) is 0 Å². The quantitative estimate of drug-likeness (QED) is 0.0305. The van der Waals surface area contributed by atoms with Crippen molar-refractivity contribution in [2.45, 2.75) is 232 Å². The van der Waals surface area contributed by atoms with Crippen LogP contribution in [0.15, 0.2) is 24.3 Å². The van der Waals surface area contributed by atoms with Crippen LogP contribution in [0, 0.1) is 5.92 Å². The molecule has 0 heterocycles. The fourth-order valence-electron chi connectivity index (χ4n) is 6.52. The molecule has 0 saturated heterocycles. The number of aliphatic carboxylic acids is 1. The molecular weight excluding hydrogens is 592 g/mol. The highest BCUT2D eigenvalue weighted by Crippen LogP contribution is 2.18. The van der Waals surface area contributed by atoms with Gasteiger partial charge < -0.3 is 5.11 Å². The molecular formula is C44H80O4. The molecule has 0 aromatic rings. The van der Waals surface area contributed by atoms with Gasteiger partial charge in [-0.1, -0.05) is 186 Å². The lowest BCUT2D eigenvalue weighted by Crippen LogP contribution is -2.30. The van der Waals surface area contributed by atoms with Crippen molar-refractivity contribution >= 4 is 17.5 Å². The average molecular weight is 673 g/mol. The Hall–Kier alpha value is -1.71. The highest BCUT2D eigenvalue weighted by molar-refractivity contribution is 6.40. The molecule has 280 valence electrons. The number of rotatable bonds is 39. The molecule has 0 rings (SSSR count). The first-order chi connectivity index (χ1) is 23.5. The van der Waals surface area contributed by atoms with Crippen molar-refractivity contribution < 1.29 is 19.5 Å². The van der Waals surface area contributed by atoms with Crippen LogP contribution in [0.5, 0.6) is 0 Å². The number of carbonyl (C=O) groups excluding carboxylic acids is 2. The van der Waals surface area contributed by atoms with E-state index in [1.54, 1.807) is 0 Å². The Morgan fingerprint density at radius 2 is 0.708 bits per heavy atom. The smallest absolute Gasteiger partial charge is 0.314 e. The highest BCUT2D eigenvalue weighted by Gasteiger charge is 2.30. The van der Waals surface area contributed by atoms with E-state index in [2.05, 4.69) is 38.2 Å². The summed E-state index contributed by atoms with van der Waals surface area (Å²) in [5.74, 6) is -3.45. The van der Waals surface area contributed by atoms with E-state index in [9.17, 15) is 19.5 Å². The molecule has 4 heteroatoms. The molecule has 0 aliphatic carbocycles. The summed E-state index contributed by atoms with van der Waals surface area (Å²) in [5.41, 5.74) is 0. The van der Waals surface area contributed by atoms with Crippen LogP contribution >= 0.6 is 0 Å². The van der Waals surface area contributed by atoms with Crippen molar-refractivity contribution in [3.63, 3.8) is 0 Å². The van der Waals surface area contributed by atoms with E-state index in [4.69, 9.17) is 0 Å². The Morgan fingerprint density at radius 1 is 0.417 bits per heavy atom.